The average Bonchev–Trinajstić information content (AvgIpc) is 2.38. The van der Waals surface area contributed by atoms with E-state index in [2.05, 4.69) is 27.5 Å². The van der Waals surface area contributed by atoms with E-state index in [4.69, 9.17) is 11.6 Å². The zero-order valence-corrected chi connectivity index (χ0v) is 12.0. The molecule has 0 bridgehead atoms. The molecule has 0 aliphatic carbocycles. The largest absolute Gasteiger partial charge is 0.363 e. The van der Waals surface area contributed by atoms with Gasteiger partial charge in [-0.2, -0.15) is 4.98 Å². The molecule has 0 saturated carbocycles. The monoisotopic (exact) mass is 276 g/mol. The second-order valence-electron chi connectivity index (χ2n) is 4.39. The molecule has 5 heteroatoms. The van der Waals surface area contributed by atoms with Gasteiger partial charge >= 0.3 is 0 Å². The summed E-state index contributed by atoms with van der Waals surface area (Å²) in [6.45, 7) is 4.03. The van der Waals surface area contributed by atoms with Crippen molar-refractivity contribution in [1.82, 2.24) is 9.97 Å². The molecule has 0 radical (unpaired) electrons. The van der Waals surface area contributed by atoms with Crippen LogP contribution in [0.4, 0.5) is 11.8 Å². The number of aromatic nitrogens is 2. The highest BCUT2D eigenvalue weighted by molar-refractivity contribution is 6.30. The second-order valence-corrected chi connectivity index (χ2v) is 4.82. The van der Waals surface area contributed by atoms with Crippen LogP contribution in [0.25, 0.3) is 0 Å². The third kappa shape index (κ3) is 3.58. The fraction of sp³-hybridized carbons (Fsp3) is 0.286. The van der Waals surface area contributed by atoms with Crippen LogP contribution < -0.4 is 10.6 Å². The summed E-state index contributed by atoms with van der Waals surface area (Å²) in [4.78, 5) is 8.64. The third-order valence-corrected chi connectivity index (χ3v) is 3.06. The van der Waals surface area contributed by atoms with Gasteiger partial charge in [0.05, 0.1) is 0 Å². The normalized spacial score (nSPS) is 12.0. The number of hydrogen-bond donors (Lipinski definition) is 2. The zero-order valence-electron chi connectivity index (χ0n) is 11.2. The maximum absolute atomic E-state index is 5.89. The van der Waals surface area contributed by atoms with Crippen LogP contribution in [0.1, 0.15) is 24.2 Å². The minimum Gasteiger partial charge on any atom is -0.363 e. The van der Waals surface area contributed by atoms with Crippen LogP contribution >= 0.6 is 11.6 Å². The number of aryl methyl sites for hydroxylation is 1. The molecule has 4 nitrogen and oxygen atoms in total. The summed E-state index contributed by atoms with van der Waals surface area (Å²) in [6, 6.07) is 9.86. The standard InChI is InChI=1S/C14H17ClN4/c1-9-8-13(19-14(16-3)17-9)18-10(2)11-4-6-12(15)7-5-11/h4-8,10H,1-3H3,(H2,16,17,18,19). The van der Waals surface area contributed by atoms with Crippen LogP contribution in [-0.4, -0.2) is 17.0 Å². The number of nitrogens with zero attached hydrogens (tertiary/aromatic N) is 2. The highest BCUT2D eigenvalue weighted by atomic mass is 35.5. The molecule has 2 aromatic rings. The summed E-state index contributed by atoms with van der Waals surface area (Å²) in [5, 5.41) is 7.05. The minimum atomic E-state index is 0.149. The van der Waals surface area contributed by atoms with E-state index in [1.807, 2.05) is 37.3 Å². The van der Waals surface area contributed by atoms with Gasteiger partial charge in [-0.1, -0.05) is 23.7 Å². The van der Waals surface area contributed by atoms with Crippen molar-refractivity contribution in [2.45, 2.75) is 19.9 Å². The first-order valence-electron chi connectivity index (χ1n) is 6.14. The Morgan fingerprint density at radius 2 is 1.84 bits per heavy atom. The van der Waals surface area contributed by atoms with E-state index in [0.29, 0.717) is 5.95 Å². The van der Waals surface area contributed by atoms with E-state index in [0.717, 1.165) is 22.1 Å². The van der Waals surface area contributed by atoms with Gasteiger partial charge in [-0.3, -0.25) is 0 Å². The van der Waals surface area contributed by atoms with Crippen molar-refractivity contribution in [1.29, 1.82) is 0 Å². The van der Waals surface area contributed by atoms with Crippen molar-refractivity contribution in [3.63, 3.8) is 0 Å². The molecule has 0 aliphatic heterocycles. The molecule has 2 rings (SSSR count). The highest BCUT2D eigenvalue weighted by Crippen LogP contribution is 2.20. The number of nitrogens with one attached hydrogen (secondary N) is 2. The Kier molecular flexibility index (Phi) is 4.22. The molecule has 0 aliphatic rings. The molecule has 2 N–H and O–H groups in total. The number of benzene rings is 1. The Balaban J connectivity index is 2.16. The number of anilines is 2. The van der Waals surface area contributed by atoms with Gasteiger partial charge in [-0.15, -0.1) is 0 Å². The van der Waals surface area contributed by atoms with E-state index in [1.165, 1.54) is 0 Å². The summed E-state index contributed by atoms with van der Waals surface area (Å²) in [5.41, 5.74) is 2.08. The van der Waals surface area contributed by atoms with Gasteiger partial charge in [-0.25, -0.2) is 4.98 Å². The first-order chi connectivity index (χ1) is 9.08. The Morgan fingerprint density at radius 3 is 2.47 bits per heavy atom. The molecule has 1 atom stereocenters. The predicted octanol–water partition coefficient (Wildman–Crippen LogP) is 3.65. The van der Waals surface area contributed by atoms with E-state index >= 15 is 0 Å². The summed E-state index contributed by atoms with van der Waals surface area (Å²) in [7, 11) is 1.81. The lowest BCUT2D eigenvalue weighted by molar-refractivity contribution is 0.871. The number of rotatable bonds is 4. The number of hydrogen-bond acceptors (Lipinski definition) is 4. The van der Waals surface area contributed by atoms with Crippen molar-refractivity contribution < 1.29 is 0 Å². The van der Waals surface area contributed by atoms with Gasteiger partial charge < -0.3 is 10.6 Å². The quantitative estimate of drug-likeness (QED) is 0.895. The summed E-state index contributed by atoms with van der Waals surface area (Å²) in [6.07, 6.45) is 0. The fourth-order valence-electron chi connectivity index (χ4n) is 1.81. The molecular weight excluding hydrogens is 260 g/mol. The zero-order chi connectivity index (χ0) is 13.8. The summed E-state index contributed by atoms with van der Waals surface area (Å²) < 4.78 is 0. The maximum atomic E-state index is 5.89. The smallest absolute Gasteiger partial charge is 0.224 e. The van der Waals surface area contributed by atoms with Crippen molar-refractivity contribution in [2.24, 2.45) is 0 Å². The molecule has 1 aromatic carbocycles. The van der Waals surface area contributed by atoms with Gasteiger partial charge in [0.15, 0.2) is 0 Å². The van der Waals surface area contributed by atoms with Gasteiger partial charge in [0.25, 0.3) is 0 Å². The van der Waals surface area contributed by atoms with Crippen molar-refractivity contribution in [3.8, 4) is 0 Å². The molecule has 100 valence electrons. The van der Waals surface area contributed by atoms with E-state index in [9.17, 15) is 0 Å². The molecule has 0 saturated heterocycles. The second kappa shape index (κ2) is 5.89. The van der Waals surface area contributed by atoms with E-state index < -0.39 is 0 Å². The van der Waals surface area contributed by atoms with Crippen LogP contribution in [-0.2, 0) is 0 Å². The Morgan fingerprint density at radius 1 is 1.16 bits per heavy atom. The van der Waals surface area contributed by atoms with E-state index in [-0.39, 0.29) is 6.04 Å². The maximum Gasteiger partial charge on any atom is 0.224 e. The Bertz CT molecular complexity index is 554. The van der Waals surface area contributed by atoms with Gasteiger partial charge in [-0.05, 0) is 31.5 Å². The van der Waals surface area contributed by atoms with Crippen LogP contribution in [0, 0.1) is 6.92 Å². The molecule has 1 heterocycles. The first-order valence-corrected chi connectivity index (χ1v) is 6.51. The summed E-state index contributed by atoms with van der Waals surface area (Å²) in [5.74, 6) is 1.42. The highest BCUT2D eigenvalue weighted by Gasteiger charge is 2.07. The van der Waals surface area contributed by atoms with Crippen LogP contribution in [0.15, 0.2) is 30.3 Å². The van der Waals surface area contributed by atoms with Gasteiger partial charge in [0, 0.05) is 29.9 Å². The van der Waals surface area contributed by atoms with E-state index in [1.54, 1.807) is 7.05 Å². The first kappa shape index (κ1) is 13.6. The van der Waals surface area contributed by atoms with Crippen molar-refractivity contribution >= 4 is 23.4 Å². The molecule has 1 aromatic heterocycles. The topological polar surface area (TPSA) is 49.8 Å². The van der Waals surface area contributed by atoms with Gasteiger partial charge in [0.2, 0.25) is 5.95 Å². The minimum absolute atomic E-state index is 0.149. The summed E-state index contributed by atoms with van der Waals surface area (Å²) >= 11 is 5.89. The average molecular weight is 277 g/mol. The Labute approximate surface area is 118 Å². The molecule has 19 heavy (non-hydrogen) atoms. The third-order valence-electron chi connectivity index (χ3n) is 2.81. The van der Waals surface area contributed by atoms with Crippen LogP contribution in [0.5, 0.6) is 0 Å². The number of halogens is 1. The lowest BCUT2D eigenvalue weighted by Gasteiger charge is -2.16. The molecule has 0 spiro atoms. The van der Waals surface area contributed by atoms with Crippen molar-refractivity contribution in [3.05, 3.63) is 46.6 Å². The molecular formula is C14H17ClN4. The lowest BCUT2D eigenvalue weighted by Crippen LogP contribution is -2.09. The predicted molar refractivity (Wildman–Crippen MR) is 79.8 cm³/mol. The molecule has 0 amide bonds. The Hall–Kier alpha value is -1.81. The lowest BCUT2D eigenvalue weighted by atomic mass is 10.1. The van der Waals surface area contributed by atoms with Gasteiger partial charge in [0.1, 0.15) is 5.82 Å². The van der Waals surface area contributed by atoms with Crippen LogP contribution in [0.3, 0.4) is 0 Å². The molecule has 0 fully saturated rings. The van der Waals surface area contributed by atoms with Crippen molar-refractivity contribution in [2.75, 3.05) is 17.7 Å². The molecule has 1 unspecified atom stereocenters. The van der Waals surface area contributed by atoms with Crippen LogP contribution in [0.2, 0.25) is 5.02 Å². The SMILES string of the molecule is CNc1nc(C)cc(NC(C)c2ccc(Cl)cc2)n1. The fourth-order valence-corrected chi connectivity index (χ4v) is 1.94.